The van der Waals surface area contributed by atoms with Gasteiger partial charge in [-0.15, -0.1) is 24.0 Å². The average Bonchev–Trinajstić information content (AvgIpc) is 3.19. The zero-order valence-electron chi connectivity index (χ0n) is 16.3. The number of guanidine groups is 1. The normalized spacial score (nSPS) is 17.0. The van der Waals surface area contributed by atoms with Gasteiger partial charge in [-0.2, -0.15) is 13.2 Å². The van der Waals surface area contributed by atoms with Crippen LogP contribution in [0.3, 0.4) is 0 Å². The molecule has 0 saturated carbocycles. The summed E-state index contributed by atoms with van der Waals surface area (Å²) >= 11 is 0. The summed E-state index contributed by atoms with van der Waals surface area (Å²) in [6, 6.07) is 0.833. The summed E-state index contributed by atoms with van der Waals surface area (Å²) in [6.45, 7) is 3.57. The first-order chi connectivity index (χ1) is 13.5. The quantitative estimate of drug-likeness (QED) is 0.184. The van der Waals surface area contributed by atoms with Crippen LogP contribution in [0.4, 0.5) is 19.1 Å². The minimum absolute atomic E-state index is 0. The Morgan fingerprint density at radius 1 is 1.31 bits per heavy atom. The van der Waals surface area contributed by atoms with Crippen molar-refractivity contribution < 1.29 is 22.6 Å². The van der Waals surface area contributed by atoms with E-state index in [1.165, 1.54) is 0 Å². The van der Waals surface area contributed by atoms with E-state index in [2.05, 4.69) is 30.9 Å². The summed E-state index contributed by atoms with van der Waals surface area (Å²) in [5.41, 5.74) is -0.975. The van der Waals surface area contributed by atoms with E-state index in [1.54, 1.807) is 7.05 Å². The van der Waals surface area contributed by atoms with Crippen LogP contribution in [-0.2, 0) is 15.7 Å². The molecule has 0 aromatic carbocycles. The molecule has 8 nitrogen and oxygen atoms in total. The van der Waals surface area contributed by atoms with E-state index in [4.69, 9.17) is 9.47 Å². The standard InChI is InChI=1S/C17H27F3N6O2.HI/c1-21-15(22-6-3-10-27-12-13-4-2-11-28-13)24-8-9-25-16-23-7-5-14(26-16)17(18,19)20;/h5,7,13H,2-4,6,8-12H2,1H3,(H2,21,22,24)(H,23,25,26);1H. The minimum Gasteiger partial charge on any atom is -0.379 e. The lowest BCUT2D eigenvalue weighted by Gasteiger charge is -2.13. The van der Waals surface area contributed by atoms with Crippen molar-refractivity contribution in [2.75, 3.05) is 51.8 Å². The van der Waals surface area contributed by atoms with Gasteiger partial charge >= 0.3 is 6.18 Å². The number of aromatic nitrogens is 2. The third-order valence-electron chi connectivity index (χ3n) is 3.96. The molecule has 1 aromatic rings. The molecule has 29 heavy (non-hydrogen) atoms. The fourth-order valence-corrected chi connectivity index (χ4v) is 2.55. The molecule has 0 aliphatic carbocycles. The van der Waals surface area contributed by atoms with Crippen LogP contribution in [0.1, 0.15) is 25.0 Å². The van der Waals surface area contributed by atoms with Crippen LogP contribution in [0.15, 0.2) is 17.3 Å². The number of hydrogen-bond acceptors (Lipinski definition) is 6. The van der Waals surface area contributed by atoms with Gasteiger partial charge in [-0.1, -0.05) is 0 Å². The second-order valence-electron chi connectivity index (χ2n) is 6.18. The highest BCUT2D eigenvalue weighted by molar-refractivity contribution is 14.0. The van der Waals surface area contributed by atoms with Gasteiger partial charge in [0.15, 0.2) is 5.96 Å². The molecule has 3 N–H and O–H groups in total. The van der Waals surface area contributed by atoms with Gasteiger partial charge < -0.3 is 25.4 Å². The van der Waals surface area contributed by atoms with Crippen molar-refractivity contribution in [3.8, 4) is 0 Å². The average molecular weight is 532 g/mol. The molecule has 0 radical (unpaired) electrons. The number of nitrogens with zero attached hydrogens (tertiary/aromatic N) is 3. The molecule has 1 saturated heterocycles. The number of alkyl halides is 3. The zero-order chi connectivity index (χ0) is 20.2. The molecule has 1 aliphatic heterocycles. The van der Waals surface area contributed by atoms with Crippen molar-refractivity contribution in [2.24, 2.45) is 4.99 Å². The predicted octanol–water partition coefficient (Wildman–Crippen LogP) is 2.28. The van der Waals surface area contributed by atoms with E-state index >= 15 is 0 Å². The maximum absolute atomic E-state index is 12.6. The van der Waals surface area contributed by atoms with Crippen LogP contribution in [0.5, 0.6) is 0 Å². The lowest BCUT2D eigenvalue weighted by atomic mass is 10.2. The van der Waals surface area contributed by atoms with Crippen LogP contribution in [-0.4, -0.2) is 68.5 Å². The third-order valence-corrected chi connectivity index (χ3v) is 3.96. The Kier molecular flexibility index (Phi) is 12.1. The molecule has 1 aliphatic rings. The molecular formula is C17H28F3IN6O2. The van der Waals surface area contributed by atoms with Gasteiger partial charge in [-0.25, -0.2) is 9.97 Å². The van der Waals surface area contributed by atoms with Crippen LogP contribution < -0.4 is 16.0 Å². The van der Waals surface area contributed by atoms with Gasteiger partial charge in [0.1, 0.15) is 5.69 Å². The first-order valence-corrected chi connectivity index (χ1v) is 9.27. The van der Waals surface area contributed by atoms with Crippen molar-refractivity contribution in [1.29, 1.82) is 0 Å². The number of rotatable bonds is 10. The number of nitrogens with one attached hydrogen (secondary N) is 3. The number of aliphatic imine (C=N–C) groups is 1. The van der Waals surface area contributed by atoms with Gasteiger partial charge in [0, 0.05) is 46.1 Å². The van der Waals surface area contributed by atoms with Gasteiger partial charge in [0.25, 0.3) is 0 Å². The Balaban J connectivity index is 0.00000420. The number of halogens is 4. The van der Waals surface area contributed by atoms with Crippen molar-refractivity contribution in [2.45, 2.75) is 31.5 Å². The molecule has 1 fully saturated rings. The Labute approximate surface area is 185 Å². The molecule has 1 atom stereocenters. The molecule has 0 bridgehead atoms. The molecule has 2 rings (SSSR count). The highest BCUT2D eigenvalue weighted by atomic mass is 127. The Hall–Kier alpha value is -1.41. The van der Waals surface area contributed by atoms with E-state index in [-0.39, 0.29) is 36.0 Å². The summed E-state index contributed by atoms with van der Waals surface area (Å²) in [5, 5.41) is 8.95. The van der Waals surface area contributed by atoms with Crippen molar-refractivity contribution in [3.05, 3.63) is 18.0 Å². The largest absolute Gasteiger partial charge is 0.433 e. The first kappa shape index (κ1) is 25.6. The van der Waals surface area contributed by atoms with Crippen molar-refractivity contribution >= 4 is 35.9 Å². The molecule has 1 aromatic heterocycles. The van der Waals surface area contributed by atoms with Gasteiger partial charge in [-0.3, -0.25) is 4.99 Å². The lowest BCUT2D eigenvalue weighted by Crippen LogP contribution is -2.40. The molecule has 12 heteroatoms. The van der Waals surface area contributed by atoms with Crippen LogP contribution in [0.2, 0.25) is 0 Å². The summed E-state index contributed by atoms with van der Waals surface area (Å²) in [4.78, 5) is 11.3. The van der Waals surface area contributed by atoms with Gasteiger partial charge in [0.05, 0.1) is 12.7 Å². The minimum atomic E-state index is -4.49. The summed E-state index contributed by atoms with van der Waals surface area (Å²) in [5.74, 6) is 0.536. The first-order valence-electron chi connectivity index (χ1n) is 9.27. The zero-order valence-corrected chi connectivity index (χ0v) is 18.6. The topological polar surface area (TPSA) is 92.7 Å². The molecular weight excluding hydrogens is 504 g/mol. The maximum Gasteiger partial charge on any atom is 0.433 e. The highest BCUT2D eigenvalue weighted by Gasteiger charge is 2.32. The second-order valence-corrected chi connectivity index (χ2v) is 6.18. The number of ether oxygens (including phenoxy) is 2. The number of hydrogen-bond donors (Lipinski definition) is 3. The summed E-state index contributed by atoms with van der Waals surface area (Å²) in [7, 11) is 1.65. The Bertz CT molecular complexity index is 615. The fourth-order valence-electron chi connectivity index (χ4n) is 2.55. The van der Waals surface area contributed by atoms with Crippen molar-refractivity contribution in [1.82, 2.24) is 20.6 Å². The summed E-state index contributed by atoms with van der Waals surface area (Å²) < 4.78 is 48.9. The van der Waals surface area contributed by atoms with E-state index in [9.17, 15) is 13.2 Å². The van der Waals surface area contributed by atoms with E-state index in [0.717, 1.165) is 38.1 Å². The molecule has 0 amide bonds. The SMILES string of the molecule is CN=C(NCCCOCC1CCCO1)NCCNc1nccc(C(F)(F)F)n1.I. The molecule has 1 unspecified atom stereocenters. The molecule has 0 spiro atoms. The number of anilines is 1. The predicted molar refractivity (Wildman–Crippen MR) is 115 cm³/mol. The second kappa shape index (κ2) is 13.7. The van der Waals surface area contributed by atoms with Crippen LogP contribution in [0.25, 0.3) is 0 Å². The highest BCUT2D eigenvalue weighted by Crippen LogP contribution is 2.27. The van der Waals surface area contributed by atoms with E-state index in [1.807, 2.05) is 0 Å². The molecule has 166 valence electrons. The van der Waals surface area contributed by atoms with Crippen molar-refractivity contribution in [3.63, 3.8) is 0 Å². The van der Waals surface area contributed by atoms with Crippen LogP contribution >= 0.6 is 24.0 Å². The smallest absolute Gasteiger partial charge is 0.379 e. The van der Waals surface area contributed by atoms with Crippen LogP contribution in [0, 0.1) is 0 Å². The monoisotopic (exact) mass is 532 g/mol. The fraction of sp³-hybridized carbons (Fsp3) is 0.706. The van der Waals surface area contributed by atoms with E-state index < -0.39 is 11.9 Å². The Morgan fingerprint density at radius 3 is 2.79 bits per heavy atom. The van der Waals surface area contributed by atoms with E-state index in [0.29, 0.717) is 38.8 Å². The lowest BCUT2D eigenvalue weighted by molar-refractivity contribution is -0.141. The molecule has 2 heterocycles. The third kappa shape index (κ3) is 10.3. The Morgan fingerprint density at radius 2 is 2.10 bits per heavy atom. The maximum atomic E-state index is 12.6. The van der Waals surface area contributed by atoms with Gasteiger partial charge in [0.2, 0.25) is 5.95 Å². The van der Waals surface area contributed by atoms with Gasteiger partial charge in [-0.05, 0) is 25.3 Å². The summed E-state index contributed by atoms with van der Waals surface area (Å²) in [6.07, 6.45) is -0.190.